The van der Waals surface area contributed by atoms with Crippen molar-refractivity contribution in [2.24, 2.45) is 5.41 Å². The van der Waals surface area contributed by atoms with E-state index in [1.165, 1.54) is 4.90 Å². The molecule has 2 aliphatic heterocycles. The van der Waals surface area contributed by atoms with E-state index in [1.54, 1.807) is 4.90 Å². The summed E-state index contributed by atoms with van der Waals surface area (Å²) in [4.78, 5) is 26.3. The molecule has 0 atom stereocenters. The largest absolute Gasteiger partial charge is 0.465 e. The molecule has 31 heavy (non-hydrogen) atoms. The molecule has 1 N–H and O–H groups in total. The maximum atomic E-state index is 12.9. The van der Waals surface area contributed by atoms with Gasteiger partial charge in [0.05, 0.1) is 11.0 Å². The average molecular weight is 453 g/mol. The Morgan fingerprint density at radius 2 is 1.68 bits per heavy atom. The first kappa shape index (κ1) is 23.4. The summed E-state index contributed by atoms with van der Waals surface area (Å²) in [5.41, 5.74) is 0.761. The molecule has 8 nitrogen and oxygen atoms in total. The molecule has 172 valence electrons. The maximum absolute atomic E-state index is 12.9. The molecule has 2 heterocycles. The van der Waals surface area contributed by atoms with Gasteiger partial charge in [-0.15, -0.1) is 0 Å². The van der Waals surface area contributed by atoms with Gasteiger partial charge >= 0.3 is 12.2 Å². The molecule has 1 aromatic rings. The fourth-order valence-electron chi connectivity index (χ4n) is 4.25. The minimum Gasteiger partial charge on any atom is -0.465 e. The van der Waals surface area contributed by atoms with Gasteiger partial charge in [0.2, 0.25) is 0 Å². The molecule has 0 spiro atoms. The van der Waals surface area contributed by atoms with Gasteiger partial charge in [-0.05, 0) is 43.1 Å². The smallest absolute Gasteiger partial charge is 0.410 e. The van der Waals surface area contributed by atoms with E-state index >= 15 is 0 Å². The van der Waals surface area contributed by atoms with Crippen molar-refractivity contribution in [2.45, 2.75) is 50.9 Å². The molecule has 2 amide bonds. The molecule has 0 bridgehead atoms. The van der Waals surface area contributed by atoms with Crippen LogP contribution in [0.2, 0.25) is 0 Å². The van der Waals surface area contributed by atoms with Crippen LogP contribution in [0, 0.1) is 5.41 Å². The van der Waals surface area contributed by atoms with Crippen molar-refractivity contribution in [3.8, 4) is 0 Å². The Hall–Kier alpha value is -2.29. The summed E-state index contributed by atoms with van der Waals surface area (Å²) in [6.07, 6.45) is 1.43. The molecular formula is C22H32N2O6S. The molecule has 0 saturated carbocycles. The standard InChI is InChI=1S/C22H32N2O6S/c1-22(9-14-23(15-10-22)20(25)26)11-16-31(28,29)19-7-12-24(13-8-19)21(27)30-17-18-5-3-2-4-6-18/h2-6,19H,7-17H2,1H3,(H,25,26). The van der Waals surface area contributed by atoms with Gasteiger partial charge in [-0.1, -0.05) is 37.3 Å². The van der Waals surface area contributed by atoms with Gasteiger partial charge in [0.15, 0.2) is 9.84 Å². The number of rotatable bonds is 6. The second-order valence-electron chi connectivity index (χ2n) is 8.92. The SMILES string of the molecule is CC1(CCS(=O)(=O)C2CCN(C(=O)OCc3ccccc3)CC2)CCN(C(=O)O)CC1. The summed E-state index contributed by atoms with van der Waals surface area (Å²) in [5.74, 6) is 0.111. The van der Waals surface area contributed by atoms with Crippen LogP contribution in [0.1, 0.15) is 44.6 Å². The lowest BCUT2D eigenvalue weighted by Gasteiger charge is -2.38. The summed E-state index contributed by atoms with van der Waals surface area (Å²) in [7, 11) is -3.26. The number of benzene rings is 1. The molecule has 0 unspecified atom stereocenters. The first-order chi connectivity index (χ1) is 14.7. The van der Waals surface area contributed by atoms with Crippen LogP contribution >= 0.6 is 0 Å². The van der Waals surface area contributed by atoms with Crippen LogP contribution in [0.4, 0.5) is 9.59 Å². The van der Waals surface area contributed by atoms with Crippen LogP contribution < -0.4 is 0 Å². The number of likely N-dealkylation sites (tertiary alicyclic amines) is 2. The number of hydrogen-bond acceptors (Lipinski definition) is 5. The van der Waals surface area contributed by atoms with Crippen LogP contribution in [0.25, 0.3) is 0 Å². The number of hydrogen-bond donors (Lipinski definition) is 1. The van der Waals surface area contributed by atoms with Crippen molar-refractivity contribution >= 4 is 22.0 Å². The maximum Gasteiger partial charge on any atom is 0.410 e. The van der Waals surface area contributed by atoms with E-state index in [1.807, 2.05) is 37.3 Å². The molecule has 3 rings (SSSR count). The molecule has 2 saturated heterocycles. The quantitative estimate of drug-likeness (QED) is 0.710. The predicted molar refractivity (Wildman–Crippen MR) is 117 cm³/mol. The van der Waals surface area contributed by atoms with E-state index in [9.17, 15) is 18.0 Å². The Morgan fingerprint density at radius 3 is 2.26 bits per heavy atom. The zero-order valence-electron chi connectivity index (χ0n) is 18.0. The number of carbonyl (C=O) groups is 2. The normalized spacial score (nSPS) is 19.8. The third-order valence-electron chi connectivity index (χ3n) is 6.64. The van der Waals surface area contributed by atoms with E-state index in [0.29, 0.717) is 58.3 Å². The summed E-state index contributed by atoms with van der Waals surface area (Å²) in [6, 6.07) is 9.44. The Balaban J connectivity index is 1.43. The monoisotopic (exact) mass is 452 g/mol. The summed E-state index contributed by atoms with van der Waals surface area (Å²) in [5, 5.41) is 8.65. The number of nitrogens with zero attached hydrogens (tertiary/aromatic N) is 2. The lowest BCUT2D eigenvalue weighted by Crippen LogP contribution is -2.44. The molecule has 9 heteroatoms. The van der Waals surface area contributed by atoms with Crippen LogP contribution in [0.3, 0.4) is 0 Å². The van der Waals surface area contributed by atoms with E-state index in [0.717, 1.165) is 5.56 Å². The van der Waals surface area contributed by atoms with Gasteiger partial charge in [0, 0.05) is 26.2 Å². The molecule has 0 aromatic heterocycles. The van der Waals surface area contributed by atoms with Crippen molar-refractivity contribution in [3.63, 3.8) is 0 Å². The molecule has 2 aliphatic rings. The molecule has 0 radical (unpaired) electrons. The summed E-state index contributed by atoms with van der Waals surface area (Å²) in [6.45, 7) is 3.91. The highest BCUT2D eigenvalue weighted by molar-refractivity contribution is 7.92. The van der Waals surface area contributed by atoms with Crippen molar-refractivity contribution in [2.75, 3.05) is 31.9 Å². The molecule has 0 aliphatic carbocycles. The second-order valence-corrected chi connectivity index (χ2v) is 11.3. The molecular weight excluding hydrogens is 420 g/mol. The molecule has 1 aromatic carbocycles. The highest BCUT2D eigenvalue weighted by Gasteiger charge is 2.36. The van der Waals surface area contributed by atoms with Crippen molar-refractivity contribution in [1.29, 1.82) is 0 Å². The third-order valence-corrected chi connectivity index (χ3v) is 8.90. The van der Waals surface area contributed by atoms with Gasteiger partial charge in [-0.25, -0.2) is 18.0 Å². The van der Waals surface area contributed by atoms with Crippen LogP contribution in [0.15, 0.2) is 30.3 Å². The lowest BCUT2D eigenvalue weighted by atomic mass is 9.78. The van der Waals surface area contributed by atoms with Crippen molar-refractivity contribution < 1.29 is 27.9 Å². The van der Waals surface area contributed by atoms with Gasteiger partial charge in [0.25, 0.3) is 0 Å². The molecule has 2 fully saturated rings. The van der Waals surface area contributed by atoms with Crippen LogP contribution in [0.5, 0.6) is 0 Å². The predicted octanol–water partition coefficient (Wildman–Crippen LogP) is 3.37. The highest BCUT2D eigenvalue weighted by Crippen LogP contribution is 2.35. The first-order valence-corrected chi connectivity index (χ1v) is 12.6. The van der Waals surface area contributed by atoms with Crippen molar-refractivity contribution in [3.05, 3.63) is 35.9 Å². The topological polar surface area (TPSA) is 104 Å². The van der Waals surface area contributed by atoms with Gasteiger partial charge in [-0.2, -0.15) is 0 Å². The van der Waals surface area contributed by atoms with Gasteiger partial charge in [0.1, 0.15) is 6.61 Å². The minimum atomic E-state index is -3.26. The highest BCUT2D eigenvalue weighted by atomic mass is 32.2. The van der Waals surface area contributed by atoms with E-state index in [4.69, 9.17) is 9.84 Å². The van der Waals surface area contributed by atoms with Gasteiger partial charge in [-0.3, -0.25) is 0 Å². The van der Waals surface area contributed by atoms with Gasteiger partial charge < -0.3 is 19.6 Å². The Bertz CT molecular complexity index is 857. The summed E-state index contributed by atoms with van der Waals surface area (Å²) < 4.78 is 31.1. The van der Waals surface area contributed by atoms with E-state index < -0.39 is 27.3 Å². The number of amides is 2. The average Bonchev–Trinajstić information content (AvgIpc) is 2.77. The zero-order chi connectivity index (χ0) is 22.5. The fraction of sp³-hybridized carbons (Fsp3) is 0.636. The number of ether oxygens (including phenoxy) is 1. The minimum absolute atomic E-state index is 0.111. The second kappa shape index (κ2) is 9.89. The van der Waals surface area contributed by atoms with Crippen LogP contribution in [-0.2, 0) is 21.2 Å². The number of piperidine rings is 2. The third kappa shape index (κ3) is 6.35. The Labute approximate surface area is 184 Å². The fourth-order valence-corrected chi connectivity index (χ4v) is 6.29. The Morgan fingerprint density at radius 1 is 1.06 bits per heavy atom. The first-order valence-electron chi connectivity index (χ1n) is 10.8. The zero-order valence-corrected chi connectivity index (χ0v) is 18.8. The number of carbonyl (C=O) groups excluding carboxylic acids is 1. The Kier molecular flexibility index (Phi) is 7.46. The summed E-state index contributed by atoms with van der Waals surface area (Å²) >= 11 is 0. The number of carboxylic acid groups (broad SMARTS) is 1. The van der Waals surface area contributed by atoms with E-state index in [2.05, 4.69) is 0 Å². The lowest BCUT2D eigenvalue weighted by molar-refractivity contribution is 0.0897. The van der Waals surface area contributed by atoms with Crippen LogP contribution in [-0.4, -0.2) is 72.7 Å². The number of sulfone groups is 1. The van der Waals surface area contributed by atoms with E-state index in [-0.39, 0.29) is 17.8 Å². The van der Waals surface area contributed by atoms with Crippen molar-refractivity contribution in [1.82, 2.24) is 9.80 Å².